The first-order valence-corrected chi connectivity index (χ1v) is 9.69. The fraction of sp³-hybridized carbons (Fsp3) is 0.364. The number of hydrogen-bond acceptors (Lipinski definition) is 6. The summed E-state index contributed by atoms with van der Waals surface area (Å²) in [5.41, 5.74) is 1.53. The predicted molar refractivity (Wildman–Crippen MR) is 113 cm³/mol. The SMILES string of the molecule is C/C=C/CN(CC(=O)OC)C(=O)C(CC1=CCC=N1)NC(=O)OCc1ccccc1. The molecule has 0 aromatic heterocycles. The molecule has 1 N–H and O–H groups in total. The molecular formula is C22H27N3O5. The minimum atomic E-state index is -0.926. The lowest BCUT2D eigenvalue weighted by atomic mass is 10.1. The Balaban J connectivity index is 2.08. The molecule has 1 heterocycles. The Kier molecular flexibility index (Phi) is 9.30. The zero-order valence-corrected chi connectivity index (χ0v) is 17.2. The Morgan fingerprint density at radius 1 is 1.27 bits per heavy atom. The highest BCUT2D eigenvalue weighted by Crippen LogP contribution is 2.15. The molecule has 2 amide bonds. The van der Waals surface area contributed by atoms with E-state index in [0.29, 0.717) is 12.1 Å². The second-order valence-corrected chi connectivity index (χ2v) is 6.57. The average Bonchev–Trinajstić information content (AvgIpc) is 3.28. The number of carbonyl (C=O) groups is 3. The van der Waals surface area contributed by atoms with Crippen LogP contribution in [0.1, 0.15) is 25.3 Å². The maximum atomic E-state index is 13.1. The first kappa shape index (κ1) is 22.9. The minimum absolute atomic E-state index is 0.0822. The molecule has 0 saturated heterocycles. The summed E-state index contributed by atoms with van der Waals surface area (Å²) in [6.45, 7) is 1.89. The van der Waals surface area contributed by atoms with Gasteiger partial charge in [0.15, 0.2) is 0 Å². The van der Waals surface area contributed by atoms with Gasteiger partial charge in [-0.05, 0) is 12.5 Å². The third-order valence-electron chi connectivity index (χ3n) is 4.35. The lowest BCUT2D eigenvalue weighted by Crippen LogP contribution is -2.50. The Labute approximate surface area is 176 Å². The first-order chi connectivity index (χ1) is 14.5. The van der Waals surface area contributed by atoms with Gasteiger partial charge in [-0.2, -0.15) is 0 Å². The number of alkyl carbamates (subject to hydrolysis) is 1. The molecular weight excluding hydrogens is 386 g/mol. The van der Waals surface area contributed by atoms with Crippen molar-refractivity contribution in [3.63, 3.8) is 0 Å². The van der Waals surface area contributed by atoms with Crippen LogP contribution in [0.25, 0.3) is 0 Å². The number of allylic oxidation sites excluding steroid dienone is 2. The Hall–Kier alpha value is -3.42. The van der Waals surface area contributed by atoms with Gasteiger partial charge in [0.1, 0.15) is 19.2 Å². The van der Waals surface area contributed by atoms with Crippen LogP contribution in [0.5, 0.6) is 0 Å². The summed E-state index contributed by atoms with van der Waals surface area (Å²) < 4.78 is 9.94. The standard InChI is InChI=1S/C22H27N3O5/c1-3-4-13-25(15-20(26)29-2)21(27)19(14-18-11-8-12-23-18)24-22(28)30-16-17-9-6-5-7-10-17/h3-7,9-12,19H,8,13-16H2,1-2H3,(H,24,28)/b4-3+. The van der Waals surface area contributed by atoms with Crippen molar-refractivity contribution in [2.45, 2.75) is 32.4 Å². The molecule has 8 heteroatoms. The summed E-state index contributed by atoms with van der Waals surface area (Å²) in [4.78, 5) is 42.8. The van der Waals surface area contributed by atoms with Crippen LogP contribution in [0.4, 0.5) is 4.79 Å². The van der Waals surface area contributed by atoms with Crippen molar-refractivity contribution < 1.29 is 23.9 Å². The Morgan fingerprint density at radius 3 is 2.67 bits per heavy atom. The zero-order chi connectivity index (χ0) is 21.8. The predicted octanol–water partition coefficient (Wildman–Crippen LogP) is 2.61. The second kappa shape index (κ2) is 12.2. The fourth-order valence-corrected chi connectivity index (χ4v) is 2.77. The number of esters is 1. The molecule has 1 unspecified atom stereocenters. The molecule has 1 aliphatic heterocycles. The third kappa shape index (κ3) is 7.54. The molecule has 0 aliphatic carbocycles. The maximum Gasteiger partial charge on any atom is 0.408 e. The molecule has 30 heavy (non-hydrogen) atoms. The molecule has 160 valence electrons. The molecule has 1 aromatic rings. The molecule has 0 saturated carbocycles. The largest absolute Gasteiger partial charge is 0.468 e. The van der Waals surface area contributed by atoms with Crippen LogP contribution in [0.3, 0.4) is 0 Å². The molecule has 1 aromatic carbocycles. The molecule has 8 nitrogen and oxygen atoms in total. The zero-order valence-electron chi connectivity index (χ0n) is 17.2. The molecule has 2 rings (SSSR count). The number of nitrogens with zero attached hydrogens (tertiary/aromatic N) is 2. The van der Waals surface area contributed by atoms with Gasteiger partial charge in [-0.15, -0.1) is 0 Å². The van der Waals surface area contributed by atoms with Gasteiger partial charge in [0.05, 0.1) is 7.11 Å². The van der Waals surface area contributed by atoms with E-state index in [-0.39, 0.29) is 26.1 Å². The van der Waals surface area contributed by atoms with Crippen LogP contribution in [0, 0.1) is 0 Å². The highest BCUT2D eigenvalue weighted by atomic mass is 16.5. The summed E-state index contributed by atoms with van der Waals surface area (Å²) in [7, 11) is 1.26. The van der Waals surface area contributed by atoms with Crippen molar-refractivity contribution in [1.29, 1.82) is 0 Å². The highest BCUT2D eigenvalue weighted by molar-refractivity contribution is 5.89. The van der Waals surface area contributed by atoms with Crippen LogP contribution in [0.15, 0.2) is 59.2 Å². The van der Waals surface area contributed by atoms with Crippen molar-refractivity contribution in [1.82, 2.24) is 10.2 Å². The number of amides is 2. The summed E-state index contributed by atoms with van der Waals surface area (Å²) in [5, 5.41) is 2.62. The van der Waals surface area contributed by atoms with Crippen molar-refractivity contribution in [3.8, 4) is 0 Å². The summed E-state index contributed by atoms with van der Waals surface area (Å²) in [6, 6.07) is 8.31. The summed E-state index contributed by atoms with van der Waals surface area (Å²) in [5.74, 6) is -0.963. The monoisotopic (exact) mass is 413 g/mol. The number of rotatable bonds is 10. The van der Waals surface area contributed by atoms with Crippen molar-refractivity contribution in [2.75, 3.05) is 20.2 Å². The first-order valence-electron chi connectivity index (χ1n) is 9.69. The van der Waals surface area contributed by atoms with E-state index in [1.165, 1.54) is 12.0 Å². The number of benzene rings is 1. The van der Waals surface area contributed by atoms with Crippen LogP contribution >= 0.6 is 0 Å². The summed E-state index contributed by atoms with van der Waals surface area (Å²) >= 11 is 0. The van der Waals surface area contributed by atoms with Crippen LogP contribution in [-0.2, 0) is 25.7 Å². The van der Waals surface area contributed by atoms with Gasteiger partial charge in [0, 0.05) is 31.3 Å². The van der Waals surface area contributed by atoms with Gasteiger partial charge in [-0.1, -0.05) is 48.6 Å². The van der Waals surface area contributed by atoms with Gasteiger partial charge in [-0.3, -0.25) is 14.6 Å². The highest BCUT2D eigenvalue weighted by Gasteiger charge is 2.29. The Morgan fingerprint density at radius 2 is 2.03 bits per heavy atom. The van der Waals surface area contributed by atoms with Crippen LogP contribution in [0.2, 0.25) is 0 Å². The average molecular weight is 413 g/mol. The normalized spacial score (nSPS) is 13.6. The van der Waals surface area contributed by atoms with Gasteiger partial charge in [0.25, 0.3) is 0 Å². The summed E-state index contributed by atoms with van der Waals surface area (Å²) in [6.07, 6.45) is 7.30. The number of hydrogen-bond donors (Lipinski definition) is 1. The number of nitrogens with one attached hydrogen (secondary N) is 1. The number of ether oxygens (including phenoxy) is 2. The van der Waals surface area contributed by atoms with E-state index in [1.54, 1.807) is 18.4 Å². The smallest absolute Gasteiger partial charge is 0.408 e. The second-order valence-electron chi connectivity index (χ2n) is 6.57. The topological polar surface area (TPSA) is 97.3 Å². The van der Waals surface area contributed by atoms with E-state index in [2.05, 4.69) is 15.0 Å². The van der Waals surface area contributed by atoms with E-state index >= 15 is 0 Å². The van der Waals surface area contributed by atoms with E-state index in [0.717, 1.165) is 5.56 Å². The van der Waals surface area contributed by atoms with Crippen molar-refractivity contribution >= 4 is 24.2 Å². The van der Waals surface area contributed by atoms with E-state index in [4.69, 9.17) is 4.74 Å². The molecule has 1 atom stereocenters. The lowest BCUT2D eigenvalue weighted by molar-refractivity contribution is -0.147. The number of methoxy groups -OCH3 is 1. The van der Waals surface area contributed by atoms with Gasteiger partial charge < -0.3 is 19.7 Å². The van der Waals surface area contributed by atoms with E-state index in [9.17, 15) is 14.4 Å². The quantitative estimate of drug-likeness (QED) is 0.470. The Bertz CT molecular complexity index is 817. The minimum Gasteiger partial charge on any atom is -0.468 e. The number of carbonyl (C=O) groups excluding carboxylic acids is 3. The molecule has 1 aliphatic rings. The maximum absolute atomic E-state index is 13.1. The van der Waals surface area contributed by atoms with Gasteiger partial charge >= 0.3 is 12.1 Å². The van der Waals surface area contributed by atoms with Crippen molar-refractivity contribution in [3.05, 3.63) is 59.8 Å². The van der Waals surface area contributed by atoms with Gasteiger partial charge in [0.2, 0.25) is 5.91 Å². The molecule has 0 bridgehead atoms. The fourth-order valence-electron chi connectivity index (χ4n) is 2.77. The lowest BCUT2D eigenvalue weighted by Gasteiger charge is -2.26. The third-order valence-corrected chi connectivity index (χ3v) is 4.35. The molecule has 0 radical (unpaired) electrons. The molecule has 0 spiro atoms. The van der Waals surface area contributed by atoms with E-state index in [1.807, 2.05) is 43.3 Å². The van der Waals surface area contributed by atoms with Gasteiger partial charge in [-0.25, -0.2) is 4.79 Å². The number of aliphatic imine (C=N–C) groups is 1. The van der Waals surface area contributed by atoms with E-state index < -0.39 is 24.0 Å². The van der Waals surface area contributed by atoms with Crippen LogP contribution < -0.4 is 5.32 Å². The van der Waals surface area contributed by atoms with Crippen LogP contribution in [-0.4, -0.2) is 55.3 Å². The molecule has 0 fully saturated rings. The van der Waals surface area contributed by atoms with Crippen molar-refractivity contribution in [2.24, 2.45) is 4.99 Å².